The van der Waals surface area contributed by atoms with Crippen molar-refractivity contribution in [3.05, 3.63) is 17.0 Å². The fourth-order valence-corrected chi connectivity index (χ4v) is 1.78. The smallest absolute Gasteiger partial charge is 0.325 e. The first kappa shape index (κ1) is 12.7. The molecule has 90 valence electrons. The zero-order valence-electron chi connectivity index (χ0n) is 10.2. The summed E-state index contributed by atoms with van der Waals surface area (Å²) in [7, 11) is 0. The third kappa shape index (κ3) is 2.24. The fourth-order valence-electron chi connectivity index (χ4n) is 1.78. The van der Waals surface area contributed by atoms with Gasteiger partial charge in [-0.15, -0.1) is 0 Å². The molecule has 0 saturated heterocycles. The fraction of sp³-hybridized carbons (Fsp3) is 0.636. The van der Waals surface area contributed by atoms with Gasteiger partial charge in [0.1, 0.15) is 5.54 Å². The van der Waals surface area contributed by atoms with Crippen molar-refractivity contribution in [3.8, 4) is 0 Å². The Labute approximate surface area is 95.3 Å². The van der Waals surface area contributed by atoms with E-state index in [-0.39, 0.29) is 6.54 Å². The summed E-state index contributed by atoms with van der Waals surface area (Å²) in [5, 5.41) is 13.3. The first-order chi connectivity index (χ1) is 7.29. The summed E-state index contributed by atoms with van der Waals surface area (Å²) >= 11 is 0. The number of carbonyl (C=O) groups is 1. The highest BCUT2D eigenvalue weighted by Crippen LogP contribution is 2.15. The monoisotopic (exact) mass is 225 g/mol. The summed E-state index contributed by atoms with van der Waals surface area (Å²) < 4.78 is 1.68. The van der Waals surface area contributed by atoms with E-state index in [1.807, 2.05) is 13.8 Å². The second-order valence-electron chi connectivity index (χ2n) is 4.38. The molecule has 0 spiro atoms. The molecule has 1 aromatic rings. The summed E-state index contributed by atoms with van der Waals surface area (Å²) in [6, 6.07) is 0. The minimum absolute atomic E-state index is 0.189. The average Bonchev–Trinajstić information content (AvgIpc) is 2.41. The lowest BCUT2D eigenvalue weighted by Crippen LogP contribution is -2.48. The molecular formula is C11H19N3O2. The van der Waals surface area contributed by atoms with E-state index < -0.39 is 11.5 Å². The maximum atomic E-state index is 10.9. The molecule has 1 unspecified atom stereocenters. The van der Waals surface area contributed by atoms with Crippen molar-refractivity contribution in [1.29, 1.82) is 0 Å². The van der Waals surface area contributed by atoms with Crippen LogP contribution in [0.2, 0.25) is 0 Å². The van der Waals surface area contributed by atoms with E-state index in [9.17, 15) is 4.79 Å². The molecule has 1 atom stereocenters. The number of carboxylic acids is 1. The van der Waals surface area contributed by atoms with E-state index in [4.69, 9.17) is 10.8 Å². The highest BCUT2D eigenvalue weighted by atomic mass is 16.4. The zero-order chi connectivity index (χ0) is 12.5. The Hall–Kier alpha value is -1.36. The molecule has 0 radical (unpaired) electrons. The molecule has 0 aliphatic heterocycles. The van der Waals surface area contributed by atoms with Crippen LogP contribution in [0.3, 0.4) is 0 Å². The Morgan fingerprint density at radius 3 is 2.50 bits per heavy atom. The third-order valence-corrected chi connectivity index (χ3v) is 2.85. The van der Waals surface area contributed by atoms with Crippen LogP contribution in [0.5, 0.6) is 0 Å². The lowest BCUT2D eigenvalue weighted by Gasteiger charge is -2.19. The first-order valence-electron chi connectivity index (χ1n) is 5.34. The van der Waals surface area contributed by atoms with Crippen molar-refractivity contribution < 1.29 is 9.90 Å². The SMILES string of the molecule is CCc1c(C)nn(CC(C)(N)C(=O)O)c1C. The van der Waals surface area contributed by atoms with Crippen molar-refractivity contribution in [2.75, 3.05) is 0 Å². The summed E-state index contributed by atoms with van der Waals surface area (Å²) in [6.45, 7) is 7.61. The van der Waals surface area contributed by atoms with Gasteiger partial charge in [0, 0.05) is 5.69 Å². The molecule has 0 bridgehead atoms. The number of carboxylic acid groups (broad SMARTS) is 1. The summed E-state index contributed by atoms with van der Waals surface area (Å²) in [6.07, 6.45) is 0.895. The van der Waals surface area contributed by atoms with Crippen LogP contribution in [0.4, 0.5) is 0 Å². The van der Waals surface area contributed by atoms with Gasteiger partial charge in [-0.25, -0.2) is 0 Å². The third-order valence-electron chi connectivity index (χ3n) is 2.85. The second-order valence-corrected chi connectivity index (χ2v) is 4.38. The van der Waals surface area contributed by atoms with Gasteiger partial charge < -0.3 is 10.8 Å². The molecule has 0 fully saturated rings. The van der Waals surface area contributed by atoms with E-state index in [1.54, 1.807) is 4.68 Å². The van der Waals surface area contributed by atoms with Crippen LogP contribution < -0.4 is 5.73 Å². The first-order valence-corrected chi connectivity index (χ1v) is 5.34. The van der Waals surface area contributed by atoms with Gasteiger partial charge in [-0.3, -0.25) is 9.48 Å². The quantitative estimate of drug-likeness (QED) is 0.796. The second kappa shape index (κ2) is 4.25. The predicted octanol–water partition coefficient (Wildman–Crippen LogP) is 0.864. The molecule has 0 saturated carbocycles. The number of hydrogen-bond donors (Lipinski definition) is 2. The molecule has 0 amide bonds. The molecule has 3 N–H and O–H groups in total. The van der Waals surface area contributed by atoms with Crippen molar-refractivity contribution in [2.45, 2.75) is 46.2 Å². The standard InChI is InChI=1S/C11H19N3O2/c1-5-9-7(2)13-14(8(9)3)6-11(4,12)10(15)16/h5-6,12H2,1-4H3,(H,15,16). The number of hydrogen-bond acceptors (Lipinski definition) is 3. The van der Waals surface area contributed by atoms with E-state index >= 15 is 0 Å². The molecule has 5 heteroatoms. The van der Waals surface area contributed by atoms with Crippen LogP contribution in [0.1, 0.15) is 30.8 Å². The number of aryl methyl sites for hydroxylation is 1. The average molecular weight is 225 g/mol. The van der Waals surface area contributed by atoms with Gasteiger partial charge in [0.25, 0.3) is 0 Å². The predicted molar refractivity (Wildman–Crippen MR) is 61.3 cm³/mol. The van der Waals surface area contributed by atoms with E-state index in [0.717, 1.165) is 17.8 Å². The summed E-state index contributed by atoms with van der Waals surface area (Å²) in [5.74, 6) is -1.02. The van der Waals surface area contributed by atoms with Crippen molar-refractivity contribution in [3.63, 3.8) is 0 Å². The number of aliphatic carboxylic acids is 1. The molecule has 1 rings (SSSR count). The van der Waals surface area contributed by atoms with Crippen LogP contribution in [0.25, 0.3) is 0 Å². The van der Waals surface area contributed by atoms with Crippen molar-refractivity contribution in [2.24, 2.45) is 5.73 Å². The van der Waals surface area contributed by atoms with E-state index in [1.165, 1.54) is 12.5 Å². The minimum atomic E-state index is -1.28. The van der Waals surface area contributed by atoms with Gasteiger partial charge in [0.05, 0.1) is 12.2 Å². The summed E-state index contributed by atoms with van der Waals surface area (Å²) in [4.78, 5) is 10.9. The number of nitrogens with zero attached hydrogens (tertiary/aromatic N) is 2. The highest BCUT2D eigenvalue weighted by molar-refractivity contribution is 5.77. The molecule has 0 aliphatic carbocycles. The Kier molecular flexibility index (Phi) is 3.38. The zero-order valence-corrected chi connectivity index (χ0v) is 10.2. The van der Waals surface area contributed by atoms with Crippen LogP contribution in [0.15, 0.2) is 0 Å². The molecule has 5 nitrogen and oxygen atoms in total. The van der Waals surface area contributed by atoms with Gasteiger partial charge in [-0.2, -0.15) is 5.10 Å². The lowest BCUT2D eigenvalue weighted by atomic mass is 10.0. The van der Waals surface area contributed by atoms with Crippen molar-refractivity contribution in [1.82, 2.24) is 9.78 Å². The van der Waals surface area contributed by atoms with Gasteiger partial charge in [0.2, 0.25) is 0 Å². The van der Waals surface area contributed by atoms with E-state index in [0.29, 0.717) is 0 Å². The van der Waals surface area contributed by atoms with Gasteiger partial charge in [-0.1, -0.05) is 6.92 Å². The largest absolute Gasteiger partial charge is 0.480 e. The molecule has 16 heavy (non-hydrogen) atoms. The van der Waals surface area contributed by atoms with Crippen LogP contribution >= 0.6 is 0 Å². The number of aromatic nitrogens is 2. The lowest BCUT2D eigenvalue weighted by molar-refractivity contribution is -0.143. The maximum absolute atomic E-state index is 10.9. The molecule has 0 aromatic carbocycles. The molecule has 0 aliphatic rings. The van der Waals surface area contributed by atoms with Gasteiger partial charge >= 0.3 is 5.97 Å². The van der Waals surface area contributed by atoms with Crippen LogP contribution in [-0.2, 0) is 17.8 Å². The van der Waals surface area contributed by atoms with Crippen LogP contribution in [-0.4, -0.2) is 26.4 Å². The normalized spacial score (nSPS) is 14.8. The maximum Gasteiger partial charge on any atom is 0.325 e. The van der Waals surface area contributed by atoms with Crippen LogP contribution in [0, 0.1) is 13.8 Å². The number of rotatable bonds is 4. The molecule has 1 aromatic heterocycles. The summed E-state index contributed by atoms with van der Waals surface area (Å²) in [5.41, 5.74) is 7.53. The minimum Gasteiger partial charge on any atom is -0.480 e. The molecular weight excluding hydrogens is 206 g/mol. The Bertz CT molecular complexity index is 408. The topological polar surface area (TPSA) is 81.1 Å². The van der Waals surface area contributed by atoms with E-state index in [2.05, 4.69) is 12.0 Å². The Balaban J connectivity index is 3.03. The van der Waals surface area contributed by atoms with Crippen molar-refractivity contribution >= 4 is 5.97 Å². The molecule has 1 heterocycles. The van der Waals surface area contributed by atoms with Gasteiger partial charge in [-0.05, 0) is 32.8 Å². The highest BCUT2D eigenvalue weighted by Gasteiger charge is 2.29. The van der Waals surface area contributed by atoms with Gasteiger partial charge in [0.15, 0.2) is 0 Å². The number of nitrogens with two attached hydrogens (primary N) is 1. The Morgan fingerprint density at radius 1 is 1.56 bits per heavy atom. The Morgan fingerprint density at radius 2 is 2.12 bits per heavy atom.